The molecule has 7 heteroatoms. The lowest BCUT2D eigenvalue weighted by Crippen LogP contribution is -2.34. The van der Waals surface area contributed by atoms with Crippen molar-refractivity contribution in [3.05, 3.63) is 15.8 Å². The van der Waals surface area contributed by atoms with Gasteiger partial charge in [0.1, 0.15) is 4.90 Å². The van der Waals surface area contributed by atoms with Gasteiger partial charge in [0.15, 0.2) is 0 Å². The van der Waals surface area contributed by atoms with Crippen molar-refractivity contribution >= 4 is 21.4 Å². The summed E-state index contributed by atoms with van der Waals surface area (Å²) in [5.74, 6) is 0. The molecule has 5 nitrogen and oxygen atoms in total. The molecule has 0 spiro atoms. The Morgan fingerprint density at radius 3 is 2.79 bits per heavy atom. The molecule has 1 fully saturated rings. The maximum Gasteiger partial charge on any atom is 0.242 e. The van der Waals surface area contributed by atoms with Gasteiger partial charge < -0.3 is 10.0 Å². The Labute approximate surface area is 118 Å². The molecule has 108 valence electrons. The molecule has 1 aliphatic carbocycles. The van der Waals surface area contributed by atoms with Crippen molar-refractivity contribution in [2.75, 3.05) is 20.1 Å². The summed E-state index contributed by atoms with van der Waals surface area (Å²) in [4.78, 5) is 2.92. The van der Waals surface area contributed by atoms with Crippen LogP contribution in [0.5, 0.6) is 0 Å². The Bertz CT molecular complexity index is 535. The van der Waals surface area contributed by atoms with Crippen LogP contribution in [0.3, 0.4) is 0 Å². The number of nitrogens with one attached hydrogen (secondary N) is 1. The molecule has 0 bridgehead atoms. The molecular weight excluding hydrogens is 284 g/mol. The zero-order valence-corrected chi connectivity index (χ0v) is 12.9. The van der Waals surface area contributed by atoms with Gasteiger partial charge >= 0.3 is 0 Å². The van der Waals surface area contributed by atoms with E-state index in [2.05, 4.69) is 9.62 Å². The maximum atomic E-state index is 12.2. The molecular formula is C12H20N2O3S2. The molecule has 0 amide bonds. The number of nitrogens with zero attached hydrogens (tertiary/aromatic N) is 1. The molecule has 0 aliphatic heterocycles. The zero-order chi connectivity index (χ0) is 14.0. The second kappa shape index (κ2) is 5.88. The molecule has 1 saturated carbocycles. The summed E-state index contributed by atoms with van der Waals surface area (Å²) in [6.07, 6.45) is 2.42. The summed E-state index contributed by atoms with van der Waals surface area (Å²) in [6, 6.07) is 0.625. The highest BCUT2D eigenvalue weighted by Gasteiger charge is 2.26. The van der Waals surface area contributed by atoms with Gasteiger partial charge in [0.2, 0.25) is 10.0 Å². The lowest BCUT2D eigenvalue weighted by molar-refractivity contribution is 0.282. The van der Waals surface area contributed by atoms with Crippen molar-refractivity contribution < 1.29 is 13.5 Å². The van der Waals surface area contributed by atoms with Crippen molar-refractivity contribution in [3.8, 4) is 0 Å². The quantitative estimate of drug-likeness (QED) is 0.786. The first-order valence-electron chi connectivity index (χ1n) is 6.33. The molecule has 0 unspecified atom stereocenters. The second-order valence-corrected chi connectivity index (χ2v) is 7.61. The highest BCUT2D eigenvalue weighted by molar-refractivity contribution is 7.89. The van der Waals surface area contributed by atoms with Crippen LogP contribution in [0.25, 0.3) is 0 Å². The van der Waals surface area contributed by atoms with Crippen LogP contribution in [-0.4, -0.2) is 44.6 Å². The van der Waals surface area contributed by atoms with E-state index in [0.29, 0.717) is 29.6 Å². The first kappa shape index (κ1) is 14.9. The third-order valence-electron chi connectivity index (χ3n) is 3.33. The number of rotatable bonds is 7. The van der Waals surface area contributed by atoms with Gasteiger partial charge in [0.25, 0.3) is 0 Å². The van der Waals surface area contributed by atoms with Crippen molar-refractivity contribution in [2.24, 2.45) is 0 Å². The highest BCUT2D eigenvalue weighted by atomic mass is 32.2. The lowest BCUT2D eigenvalue weighted by Gasteiger charge is -2.16. The number of hydrogen-bond donors (Lipinski definition) is 2. The molecule has 1 aromatic rings. The van der Waals surface area contributed by atoms with Gasteiger partial charge in [-0.3, -0.25) is 0 Å². The van der Waals surface area contributed by atoms with Gasteiger partial charge in [0.05, 0.1) is 11.5 Å². The summed E-state index contributed by atoms with van der Waals surface area (Å²) in [7, 11) is -1.50. The Morgan fingerprint density at radius 1 is 1.53 bits per heavy atom. The summed E-state index contributed by atoms with van der Waals surface area (Å²) in [5, 5.41) is 11.0. The number of thiophene rings is 1. The van der Waals surface area contributed by atoms with Crippen LogP contribution in [0.1, 0.15) is 23.3 Å². The Balaban J connectivity index is 1.99. The number of aryl methyl sites for hydroxylation is 1. The topological polar surface area (TPSA) is 69.6 Å². The molecule has 0 aromatic carbocycles. The minimum atomic E-state index is -3.52. The van der Waals surface area contributed by atoms with E-state index < -0.39 is 10.0 Å². The fourth-order valence-electron chi connectivity index (χ4n) is 2.08. The molecule has 1 aliphatic rings. The van der Waals surface area contributed by atoms with E-state index in [-0.39, 0.29) is 11.5 Å². The third-order valence-corrected chi connectivity index (χ3v) is 6.24. The third kappa shape index (κ3) is 3.55. The summed E-state index contributed by atoms with van der Waals surface area (Å²) in [5.41, 5.74) is 0.692. The number of aliphatic hydroxyl groups is 1. The maximum absolute atomic E-state index is 12.2. The monoisotopic (exact) mass is 304 g/mol. The van der Waals surface area contributed by atoms with E-state index >= 15 is 0 Å². The first-order valence-corrected chi connectivity index (χ1v) is 8.69. The summed E-state index contributed by atoms with van der Waals surface area (Å²) in [6.45, 7) is 2.62. The number of likely N-dealkylation sites (N-methyl/N-ethyl adjacent to an activating group) is 1. The normalized spacial score (nSPS) is 16.2. The van der Waals surface area contributed by atoms with Crippen LogP contribution >= 0.6 is 11.3 Å². The Morgan fingerprint density at radius 2 is 2.21 bits per heavy atom. The summed E-state index contributed by atoms with van der Waals surface area (Å²) < 4.78 is 27.1. The van der Waals surface area contributed by atoms with Crippen molar-refractivity contribution in [1.82, 2.24) is 9.62 Å². The largest absolute Gasteiger partial charge is 0.391 e. The standard InChI is InChI=1S/C12H20N2O3S2/c1-9-8-18-11(7-15)12(9)19(16,17)13-5-6-14(2)10-3-4-10/h8,10,13,15H,3-7H2,1-2H3. The molecule has 1 aromatic heterocycles. The van der Waals surface area contributed by atoms with E-state index in [0.717, 1.165) is 0 Å². The fourth-order valence-corrected chi connectivity index (χ4v) is 4.76. The van der Waals surface area contributed by atoms with Crippen LogP contribution in [-0.2, 0) is 16.6 Å². The predicted molar refractivity (Wildman–Crippen MR) is 75.8 cm³/mol. The van der Waals surface area contributed by atoms with Crippen LogP contribution < -0.4 is 4.72 Å². The van der Waals surface area contributed by atoms with E-state index in [4.69, 9.17) is 0 Å². The Hall–Kier alpha value is -0.470. The second-order valence-electron chi connectivity index (χ2n) is 4.94. The number of sulfonamides is 1. The van der Waals surface area contributed by atoms with Crippen molar-refractivity contribution in [2.45, 2.75) is 37.3 Å². The lowest BCUT2D eigenvalue weighted by atomic mass is 10.3. The van der Waals surface area contributed by atoms with Crippen LogP contribution in [0.2, 0.25) is 0 Å². The SMILES string of the molecule is Cc1csc(CO)c1S(=O)(=O)NCCN(C)C1CC1. The highest BCUT2D eigenvalue weighted by Crippen LogP contribution is 2.27. The smallest absolute Gasteiger partial charge is 0.242 e. The molecule has 0 radical (unpaired) electrons. The van der Waals surface area contributed by atoms with Crippen LogP contribution in [0, 0.1) is 6.92 Å². The molecule has 2 N–H and O–H groups in total. The van der Waals surface area contributed by atoms with Crippen LogP contribution in [0.15, 0.2) is 10.3 Å². The fraction of sp³-hybridized carbons (Fsp3) is 0.667. The van der Waals surface area contributed by atoms with Crippen molar-refractivity contribution in [3.63, 3.8) is 0 Å². The van der Waals surface area contributed by atoms with Crippen LogP contribution in [0.4, 0.5) is 0 Å². The zero-order valence-electron chi connectivity index (χ0n) is 11.2. The van der Waals surface area contributed by atoms with Gasteiger partial charge in [-0.25, -0.2) is 13.1 Å². The van der Waals surface area contributed by atoms with E-state index in [1.165, 1.54) is 24.2 Å². The minimum absolute atomic E-state index is 0.239. The minimum Gasteiger partial charge on any atom is -0.391 e. The molecule has 0 saturated heterocycles. The molecule has 0 atom stereocenters. The molecule has 19 heavy (non-hydrogen) atoms. The van der Waals surface area contributed by atoms with E-state index in [9.17, 15) is 13.5 Å². The average Bonchev–Trinajstić information content (AvgIpc) is 3.12. The van der Waals surface area contributed by atoms with E-state index in [1.54, 1.807) is 12.3 Å². The summed E-state index contributed by atoms with van der Waals surface area (Å²) >= 11 is 1.28. The van der Waals surface area contributed by atoms with Gasteiger partial charge in [-0.1, -0.05) is 0 Å². The van der Waals surface area contributed by atoms with E-state index in [1.807, 2.05) is 7.05 Å². The molecule has 1 heterocycles. The number of aliphatic hydroxyl groups excluding tert-OH is 1. The van der Waals surface area contributed by atoms with Gasteiger partial charge in [0, 0.05) is 19.1 Å². The van der Waals surface area contributed by atoms with Crippen molar-refractivity contribution in [1.29, 1.82) is 0 Å². The molecule has 2 rings (SSSR count). The van der Waals surface area contributed by atoms with Gasteiger partial charge in [-0.2, -0.15) is 0 Å². The Kier molecular flexibility index (Phi) is 4.62. The first-order chi connectivity index (χ1) is 8.95. The number of hydrogen-bond acceptors (Lipinski definition) is 5. The van der Waals surface area contributed by atoms with Gasteiger partial charge in [-0.15, -0.1) is 11.3 Å². The predicted octanol–water partition coefficient (Wildman–Crippen LogP) is 0.921. The van der Waals surface area contributed by atoms with Gasteiger partial charge in [-0.05, 0) is 37.8 Å². The average molecular weight is 304 g/mol.